The van der Waals surface area contributed by atoms with E-state index in [1.807, 2.05) is 0 Å². The predicted octanol–water partition coefficient (Wildman–Crippen LogP) is 1.97. The SMILES string of the molecule is C#CCCC1CCCC12CO2. The lowest BCUT2D eigenvalue weighted by Gasteiger charge is -2.12. The van der Waals surface area contributed by atoms with E-state index in [1.54, 1.807) is 0 Å². The molecule has 1 heterocycles. The summed E-state index contributed by atoms with van der Waals surface area (Å²) in [4.78, 5) is 0. The molecule has 2 unspecified atom stereocenters. The van der Waals surface area contributed by atoms with Gasteiger partial charge in [-0.05, 0) is 25.2 Å². The summed E-state index contributed by atoms with van der Waals surface area (Å²) in [6.45, 7) is 1.00. The zero-order valence-electron chi connectivity index (χ0n) is 6.81. The molecule has 2 fully saturated rings. The Kier molecular flexibility index (Phi) is 1.65. The summed E-state index contributed by atoms with van der Waals surface area (Å²) in [6, 6.07) is 0. The van der Waals surface area contributed by atoms with Crippen LogP contribution in [0.2, 0.25) is 0 Å². The lowest BCUT2D eigenvalue weighted by Crippen LogP contribution is -2.16. The van der Waals surface area contributed by atoms with E-state index in [-0.39, 0.29) is 0 Å². The van der Waals surface area contributed by atoms with E-state index in [1.165, 1.54) is 25.7 Å². The fraction of sp³-hybridized carbons (Fsp3) is 0.800. The molecule has 0 aromatic rings. The minimum Gasteiger partial charge on any atom is -0.369 e. The minimum absolute atomic E-state index is 0.316. The second-order valence-corrected chi connectivity index (χ2v) is 3.69. The van der Waals surface area contributed by atoms with Gasteiger partial charge in [0.2, 0.25) is 0 Å². The molecule has 1 saturated heterocycles. The first kappa shape index (κ1) is 7.18. The summed E-state index contributed by atoms with van der Waals surface area (Å²) in [7, 11) is 0. The van der Waals surface area contributed by atoms with Gasteiger partial charge in [-0.1, -0.05) is 6.42 Å². The van der Waals surface area contributed by atoms with E-state index in [9.17, 15) is 0 Å². The summed E-state index contributed by atoms with van der Waals surface area (Å²) in [6.07, 6.45) is 11.3. The van der Waals surface area contributed by atoms with Gasteiger partial charge in [0.05, 0.1) is 12.2 Å². The van der Waals surface area contributed by atoms with Gasteiger partial charge in [0.15, 0.2) is 0 Å². The summed E-state index contributed by atoms with van der Waals surface area (Å²) in [5.41, 5.74) is 0.316. The average molecular weight is 150 g/mol. The van der Waals surface area contributed by atoms with E-state index in [2.05, 4.69) is 5.92 Å². The third-order valence-corrected chi connectivity index (χ3v) is 3.05. The van der Waals surface area contributed by atoms with Crippen LogP contribution in [-0.2, 0) is 4.74 Å². The maximum Gasteiger partial charge on any atom is 0.0944 e. The Labute approximate surface area is 68.1 Å². The Hall–Kier alpha value is -0.480. The molecular formula is C10H14O. The van der Waals surface area contributed by atoms with Crippen LogP contribution in [0.15, 0.2) is 0 Å². The van der Waals surface area contributed by atoms with E-state index in [0.29, 0.717) is 5.60 Å². The van der Waals surface area contributed by atoms with Crippen molar-refractivity contribution in [3.8, 4) is 12.3 Å². The van der Waals surface area contributed by atoms with Crippen molar-refractivity contribution in [2.24, 2.45) is 5.92 Å². The highest BCUT2D eigenvalue weighted by atomic mass is 16.6. The molecule has 1 nitrogen and oxygen atoms in total. The molecule has 1 saturated carbocycles. The fourth-order valence-corrected chi connectivity index (χ4v) is 2.25. The van der Waals surface area contributed by atoms with Crippen molar-refractivity contribution in [1.29, 1.82) is 0 Å². The second-order valence-electron chi connectivity index (χ2n) is 3.69. The van der Waals surface area contributed by atoms with Crippen LogP contribution in [-0.4, -0.2) is 12.2 Å². The van der Waals surface area contributed by atoms with Gasteiger partial charge >= 0.3 is 0 Å². The van der Waals surface area contributed by atoms with E-state index in [4.69, 9.17) is 11.2 Å². The minimum atomic E-state index is 0.316. The van der Waals surface area contributed by atoms with E-state index >= 15 is 0 Å². The quantitative estimate of drug-likeness (QED) is 0.433. The zero-order chi connectivity index (χ0) is 7.73. The van der Waals surface area contributed by atoms with Crippen molar-refractivity contribution in [3.63, 3.8) is 0 Å². The van der Waals surface area contributed by atoms with Crippen LogP contribution in [0.4, 0.5) is 0 Å². The Balaban J connectivity index is 1.88. The first-order chi connectivity index (χ1) is 5.37. The van der Waals surface area contributed by atoms with Crippen molar-refractivity contribution in [1.82, 2.24) is 0 Å². The first-order valence-corrected chi connectivity index (χ1v) is 4.45. The molecule has 0 amide bonds. The number of terminal acetylenes is 1. The standard InChI is InChI=1S/C10H14O/c1-2-3-5-9-6-4-7-10(9)8-11-10/h1,9H,3-8H2. The van der Waals surface area contributed by atoms with Crippen LogP contribution in [0.25, 0.3) is 0 Å². The van der Waals surface area contributed by atoms with Gasteiger partial charge in [-0.2, -0.15) is 0 Å². The Morgan fingerprint density at radius 3 is 3.09 bits per heavy atom. The molecule has 1 heteroatoms. The van der Waals surface area contributed by atoms with Gasteiger partial charge in [0.25, 0.3) is 0 Å². The van der Waals surface area contributed by atoms with Crippen molar-refractivity contribution in [2.75, 3.05) is 6.61 Å². The normalized spacial score (nSPS) is 40.8. The molecule has 60 valence electrons. The smallest absolute Gasteiger partial charge is 0.0944 e. The summed E-state index contributed by atoms with van der Waals surface area (Å²) in [5, 5.41) is 0. The Morgan fingerprint density at radius 2 is 2.45 bits per heavy atom. The van der Waals surface area contributed by atoms with Gasteiger partial charge < -0.3 is 4.74 Å². The molecule has 1 spiro atoms. The van der Waals surface area contributed by atoms with Crippen molar-refractivity contribution >= 4 is 0 Å². The summed E-state index contributed by atoms with van der Waals surface area (Å²) in [5.74, 6) is 3.48. The molecular weight excluding hydrogens is 136 g/mol. The fourth-order valence-electron chi connectivity index (χ4n) is 2.25. The number of epoxide rings is 1. The highest BCUT2D eigenvalue weighted by Crippen LogP contribution is 2.49. The van der Waals surface area contributed by atoms with Crippen LogP contribution in [0, 0.1) is 18.3 Å². The molecule has 0 aromatic heterocycles. The zero-order valence-corrected chi connectivity index (χ0v) is 6.81. The second kappa shape index (κ2) is 2.53. The van der Waals surface area contributed by atoms with Gasteiger partial charge in [0, 0.05) is 6.42 Å². The average Bonchev–Trinajstić information content (AvgIpc) is 2.64. The molecule has 0 bridgehead atoms. The molecule has 0 radical (unpaired) electrons. The third-order valence-electron chi connectivity index (χ3n) is 3.05. The Morgan fingerprint density at radius 1 is 1.64 bits per heavy atom. The Bertz CT molecular complexity index is 186. The highest BCUT2D eigenvalue weighted by molar-refractivity contribution is 5.03. The van der Waals surface area contributed by atoms with Crippen LogP contribution in [0.1, 0.15) is 32.1 Å². The largest absolute Gasteiger partial charge is 0.369 e. The van der Waals surface area contributed by atoms with E-state index in [0.717, 1.165) is 18.9 Å². The number of hydrogen-bond donors (Lipinski definition) is 0. The topological polar surface area (TPSA) is 12.5 Å². The monoisotopic (exact) mass is 150 g/mol. The van der Waals surface area contributed by atoms with Crippen LogP contribution in [0.5, 0.6) is 0 Å². The number of hydrogen-bond acceptors (Lipinski definition) is 1. The van der Waals surface area contributed by atoms with Gasteiger partial charge in [-0.15, -0.1) is 12.3 Å². The van der Waals surface area contributed by atoms with Gasteiger partial charge in [-0.3, -0.25) is 0 Å². The first-order valence-electron chi connectivity index (χ1n) is 4.45. The van der Waals surface area contributed by atoms with Crippen LogP contribution in [0.3, 0.4) is 0 Å². The molecule has 0 aromatic carbocycles. The van der Waals surface area contributed by atoms with Crippen molar-refractivity contribution < 1.29 is 4.74 Å². The van der Waals surface area contributed by atoms with Crippen molar-refractivity contribution in [3.05, 3.63) is 0 Å². The van der Waals surface area contributed by atoms with Crippen molar-refractivity contribution in [2.45, 2.75) is 37.7 Å². The maximum atomic E-state index is 5.50. The predicted molar refractivity (Wildman–Crippen MR) is 44.1 cm³/mol. The lowest BCUT2D eigenvalue weighted by molar-refractivity contribution is 0.239. The summed E-state index contributed by atoms with van der Waals surface area (Å²) >= 11 is 0. The van der Waals surface area contributed by atoms with Gasteiger partial charge in [0.1, 0.15) is 0 Å². The van der Waals surface area contributed by atoms with E-state index < -0.39 is 0 Å². The number of ether oxygens (including phenoxy) is 1. The molecule has 2 aliphatic rings. The molecule has 0 N–H and O–H groups in total. The molecule has 1 aliphatic carbocycles. The van der Waals surface area contributed by atoms with Crippen LogP contribution >= 0.6 is 0 Å². The maximum absolute atomic E-state index is 5.50. The highest BCUT2D eigenvalue weighted by Gasteiger charge is 2.53. The number of rotatable bonds is 2. The van der Waals surface area contributed by atoms with Crippen LogP contribution < -0.4 is 0 Å². The van der Waals surface area contributed by atoms with Gasteiger partial charge in [-0.25, -0.2) is 0 Å². The molecule has 1 aliphatic heterocycles. The lowest BCUT2D eigenvalue weighted by atomic mass is 9.92. The molecule has 2 rings (SSSR count). The summed E-state index contributed by atoms with van der Waals surface area (Å²) < 4.78 is 5.50. The molecule has 2 atom stereocenters. The molecule has 11 heavy (non-hydrogen) atoms. The third kappa shape index (κ3) is 1.16.